The van der Waals surface area contributed by atoms with E-state index in [-0.39, 0.29) is 28.2 Å². The highest BCUT2D eigenvalue weighted by atomic mass is 19.3. The van der Waals surface area contributed by atoms with Crippen molar-refractivity contribution in [1.82, 2.24) is 4.98 Å². The van der Waals surface area contributed by atoms with Gasteiger partial charge in [-0.05, 0) is 37.1 Å². The van der Waals surface area contributed by atoms with Crippen molar-refractivity contribution in [3.05, 3.63) is 41.7 Å². The molecule has 1 heterocycles. The summed E-state index contributed by atoms with van der Waals surface area (Å²) < 4.78 is 31.6. The minimum Gasteiger partial charge on any atom is -0.494 e. The van der Waals surface area contributed by atoms with Crippen LogP contribution in [0.5, 0.6) is 5.75 Å². The van der Waals surface area contributed by atoms with Gasteiger partial charge in [-0.1, -0.05) is 6.92 Å². The van der Waals surface area contributed by atoms with Gasteiger partial charge in [-0.3, -0.25) is 14.6 Å². The summed E-state index contributed by atoms with van der Waals surface area (Å²) >= 11 is 0. The number of anilines is 1. The summed E-state index contributed by atoms with van der Waals surface area (Å²) in [6, 6.07) is 5.83. The topological polar surface area (TPSA) is 85.5 Å². The van der Waals surface area contributed by atoms with E-state index in [9.17, 15) is 18.4 Å². The van der Waals surface area contributed by atoms with Gasteiger partial charge in [0.25, 0.3) is 6.43 Å². The first-order valence-electron chi connectivity index (χ1n) is 8.72. The number of amides is 2. The number of carbonyl (C=O) groups excluding carboxylic acids is 2. The lowest BCUT2D eigenvalue weighted by atomic mass is 9.97. The van der Waals surface area contributed by atoms with E-state index in [1.54, 1.807) is 19.2 Å². The molecule has 1 aliphatic rings. The van der Waals surface area contributed by atoms with Crippen LogP contribution < -0.4 is 15.4 Å². The minimum absolute atomic E-state index is 0.0414. The molecule has 2 amide bonds. The molecule has 1 aromatic heterocycles. The molecule has 0 bridgehead atoms. The number of hydrogen-bond donors (Lipinski definition) is 1. The zero-order chi connectivity index (χ0) is 20.6. The van der Waals surface area contributed by atoms with E-state index < -0.39 is 18.0 Å². The molecule has 1 fully saturated rings. The number of ether oxygens (including phenoxy) is 1. The van der Waals surface area contributed by atoms with E-state index in [2.05, 4.69) is 4.98 Å². The van der Waals surface area contributed by atoms with Gasteiger partial charge in [0.05, 0.1) is 13.3 Å². The van der Waals surface area contributed by atoms with Gasteiger partial charge in [0, 0.05) is 34.8 Å². The van der Waals surface area contributed by atoms with Gasteiger partial charge in [-0.15, -0.1) is 0 Å². The number of benzene rings is 1. The third-order valence-electron chi connectivity index (χ3n) is 5.10. The average Bonchev–Trinajstić information content (AvgIpc) is 3.44. The Morgan fingerprint density at radius 3 is 2.46 bits per heavy atom. The smallest absolute Gasteiger partial charge is 0.280 e. The molecule has 0 spiro atoms. The maximum Gasteiger partial charge on any atom is 0.280 e. The standard InChI is InChI=1S/C20H21F2N3O3/c1-20(6-7-20)19(27)25(2)11-4-5-12(18(23)26)13(8-11)14-9-15(17(21)22)24-10-16(14)28-3/h4-5,8-10,17H,6-7H2,1-3H3,(H2,23,26). The van der Waals surface area contributed by atoms with Gasteiger partial charge >= 0.3 is 0 Å². The van der Waals surface area contributed by atoms with Crippen LogP contribution in [0.3, 0.4) is 0 Å². The molecule has 1 aliphatic carbocycles. The van der Waals surface area contributed by atoms with Crippen molar-refractivity contribution in [3.8, 4) is 16.9 Å². The van der Waals surface area contributed by atoms with Crippen molar-refractivity contribution < 1.29 is 23.1 Å². The fourth-order valence-corrected chi connectivity index (χ4v) is 3.05. The van der Waals surface area contributed by atoms with Crippen molar-refractivity contribution in [2.45, 2.75) is 26.2 Å². The van der Waals surface area contributed by atoms with Gasteiger partial charge in [-0.25, -0.2) is 8.78 Å². The summed E-state index contributed by atoms with van der Waals surface area (Å²) in [5, 5.41) is 0. The Morgan fingerprint density at radius 2 is 1.93 bits per heavy atom. The highest BCUT2D eigenvalue weighted by Crippen LogP contribution is 2.47. The number of nitrogens with two attached hydrogens (primary N) is 1. The zero-order valence-electron chi connectivity index (χ0n) is 15.8. The van der Waals surface area contributed by atoms with Gasteiger partial charge < -0.3 is 15.4 Å². The molecule has 0 radical (unpaired) electrons. The number of pyridine rings is 1. The second-order valence-electron chi connectivity index (χ2n) is 7.13. The van der Waals surface area contributed by atoms with Crippen molar-refractivity contribution in [3.63, 3.8) is 0 Å². The molecule has 1 aromatic carbocycles. The minimum atomic E-state index is -2.79. The van der Waals surface area contributed by atoms with Crippen LogP contribution in [0, 0.1) is 5.41 Å². The van der Waals surface area contributed by atoms with E-state index in [0.29, 0.717) is 11.3 Å². The number of hydrogen-bond acceptors (Lipinski definition) is 4. The van der Waals surface area contributed by atoms with Crippen molar-refractivity contribution in [2.24, 2.45) is 11.1 Å². The summed E-state index contributed by atoms with van der Waals surface area (Å²) in [5.74, 6) is -0.547. The van der Waals surface area contributed by atoms with E-state index in [1.165, 1.54) is 30.3 Å². The maximum atomic E-state index is 13.2. The third kappa shape index (κ3) is 3.54. The Balaban J connectivity index is 2.15. The van der Waals surface area contributed by atoms with Crippen LogP contribution in [0.25, 0.3) is 11.1 Å². The van der Waals surface area contributed by atoms with Gasteiger partial charge in [0.2, 0.25) is 11.8 Å². The highest BCUT2D eigenvalue weighted by Gasteiger charge is 2.46. The van der Waals surface area contributed by atoms with Crippen LogP contribution in [0.4, 0.5) is 14.5 Å². The normalized spacial score (nSPS) is 14.6. The third-order valence-corrected chi connectivity index (χ3v) is 5.10. The molecule has 1 saturated carbocycles. The molecule has 2 N–H and O–H groups in total. The van der Waals surface area contributed by atoms with Crippen LogP contribution in [-0.2, 0) is 4.79 Å². The first-order valence-corrected chi connectivity index (χ1v) is 8.72. The lowest BCUT2D eigenvalue weighted by Gasteiger charge is -2.23. The van der Waals surface area contributed by atoms with Crippen molar-refractivity contribution >= 4 is 17.5 Å². The lowest BCUT2D eigenvalue weighted by Crippen LogP contribution is -2.32. The Morgan fingerprint density at radius 1 is 1.25 bits per heavy atom. The fraction of sp³-hybridized carbons (Fsp3) is 0.350. The molecule has 8 heteroatoms. The number of carbonyl (C=O) groups is 2. The number of alkyl halides is 2. The summed E-state index contributed by atoms with van der Waals surface area (Å²) in [6.45, 7) is 1.89. The number of nitrogens with zero attached hydrogens (tertiary/aromatic N) is 2. The van der Waals surface area contributed by atoms with Crippen LogP contribution in [-0.4, -0.2) is 31.0 Å². The zero-order valence-corrected chi connectivity index (χ0v) is 15.8. The number of aromatic nitrogens is 1. The van der Waals surface area contributed by atoms with Crippen molar-refractivity contribution in [2.75, 3.05) is 19.1 Å². The Bertz CT molecular complexity index is 942. The van der Waals surface area contributed by atoms with Crippen LogP contribution in [0.2, 0.25) is 0 Å². The number of rotatable bonds is 6. The van der Waals surface area contributed by atoms with E-state index in [0.717, 1.165) is 12.8 Å². The summed E-state index contributed by atoms with van der Waals surface area (Å²) in [7, 11) is 3.02. The lowest BCUT2D eigenvalue weighted by molar-refractivity contribution is -0.122. The monoisotopic (exact) mass is 389 g/mol. The average molecular weight is 389 g/mol. The van der Waals surface area contributed by atoms with Crippen LogP contribution in [0.1, 0.15) is 42.2 Å². The molecule has 6 nitrogen and oxygen atoms in total. The largest absolute Gasteiger partial charge is 0.494 e. The Labute approximate surface area is 161 Å². The van der Waals surface area contributed by atoms with Crippen LogP contribution in [0.15, 0.2) is 30.5 Å². The molecule has 2 aromatic rings. The molecule has 0 unspecified atom stereocenters. The fourth-order valence-electron chi connectivity index (χ4n) is 3.05. The van der Waals surface area contributed by atoms with E-state index in [1.807, 2.05) is 6.92 Å². The second-order valence-corrected chi connectivity index (χ2v) is 7.13. The predicted molar refractivity (Wildman–Crippen MR) is 100 cm³/mol. The van der Waals surface area contributed by atoms with Crippen LogP contribution >= 0.6 is 0 Å². The summed E-state index contributed by atoms with van der Waals surface area (Å²) in [5.41, 5.74) is 5.85. The predicted octanol–water partition coefficient (Wildman–Crippen LogP) is 3.56. The summed E-state index contributed by atoms with van der Waals surface area (Å²) in [6.07, 6.45) is 0.0225. The second kappa shape index (κ2) is 7.18. The summed E-state index contributed by atoms with van der Waals surface area (Å²) in [4.78, 5) is 29.8. The SMILES string of the molecule is COc1cnc(C(F)F)cc1-c1cc(N(C)C(=O)C2(C)CC2)ccc1C(N)=O. The van der Waals surface area contributed by atoms with Gasteiger partial charge in [0.15, 0.2) is 0 Å². The molecule has 28 heavy (non-hydrogen) atoms. The first kappa shape index (κ1) is 19.7. The quantitative estimate of drug-likeness (QED) is 0.819. The molecule has 0 aliphatic heterocycles. The molecule has 3 rings (SSSR count). The molecular weight excluding hydrogens is 368 g/mol. The molecular formula is C20H21F2N3O3. The van der Waals surface area contributed by atoms with E-state index >= 15 is 0 Å². The Kier molecular flexibility index (Phi) is 5.06. The first-order chi connectivity index (χ1) is 13.2. The number of methoxy groups -OCH3 is 1. The molecule has 0 atom stereocenters. The number of primary amides is 1. The maximum absolute atomic E-state index is 13.2. The van der Waals surface area contributed by atoms with E-state index in [4.69, 9.17) is 10.5 Å². The van der Waals surface area contributed by atoms with Gasteiger partial charge in [-0.2, -0.15) is 0 Å². The van der Waals surface area contributed by atoms with Crippen molar-refractivity contribution in [1.29, 1.82) is 0 Å². The highest BCUT2D eigenvalue weighted by molar-refractivity contribution is 6.03. The molecule has 0 saturated heterocycles. The molecule has 148 valence electrons. The van der Waals surface area contributed by atoms with Gasteiger partial charge in [0.1, 0.15) is 11.4 Å². The Hall–Kier alpha value is -3.03. The number of halogens is 2.